The van der Waals surface area contributed by atoms with Gasteiger partial charge in [0.2, 0.25) is 0 Å². The zero-order valence-corrected chi connectivity index (χ0v) is 15.0. The third-order valence-electron chi connectivity index (χ3n) is 4.20. The zero-order chi connectivity index (χ0) is 19.0. The summed E-state index contributed by atoms with van der Waals surface area (Å²) in [5.74, 6) is -0.0198. The minimum Gasteiger partial charge on any atom is -0.454 e. The summed E-state index contributed by atoms with van der Waals surface area (Å²) in [6.07, 6.45) is 1.54. The fourth-order valence-electron chi connectivity index (χ4n) is 2.85. The van der Waals surface area contributed by atoms with Crippen molar-refractivity contribution in [3.05, 3.63) is 81.7 Å². The van der Waals surface area contributed by atoms with Crippen LogP contribution >= 0.6 is 11.6 Å². The number of carbonyl (C=O) groups excluding carboxylic acids is 1. The van der Waals surface area contributed by atoms with Crippen LogP contribution in [0.1, 0.15) is 10.5 Å². The van der Waals surface area contributed by atoms with Gasteiger partial charge in [0.1, 0.15) is 11.5 Å². The summed E-state index contributed by atoms with van der Waals surface area (Å²) in [5.41, 5.74) is 1.45. The van der Waals surface area contributed by atoms with E-state index in [0.717, 1.165) is 0 Å². The maximum Gasteiger partial charge on any atom is 0.274 e. The molecule has 0 radical (unpaired) electrons. The summed E-state index contributed by atoms with van der Waals surface area (Å²) in [5, 5.41) is 7.61. The molecule has 2 aromatic heterocycles. The van der Waals surface area contributed by atoms with Crippen molar-refractivity contribution in [3.8, 4) is 11.3 Å². The highest BCUT2D eigenvalue weighted by Crippen LogP contribution is 2.31. The summed E-state index contributed by atoms with van der Waals surface area (Å²) in [6.45, 7) is 0. The number of para-hydroxylation sites is 1. The molecule has 134 valence electrons. The predicted molar refractivity (Wildman–Crippen MR) is 104 cm³/mol. The van der Waals surface area contributed by atoms with E-state index in [1.54, 1.807) is 49.5 Å². The second kappa shape index (κ2) is 6.74. The molecule has 0 bridgehead atoms. The number of hydrogen-bond donors (Lipinski definition) is 1. The van der Waals surface area contributed by atoms with E-state index < -0.39 is 0 Å². The summed E-state index contributed by atoms with van der Waals surface area (Å²) in [6, 6.07) is 15.1. The maximum absolute atomic E-state index is 12.6. The van der Waals surface area contributed by atoms with E-state index in [1.165, 1.54) is 16.9 Å². The fraction of sp³-hybridized carbons (Fsp3) is 0.0500. The van der Waals surface area contributed by atoms with Gasteiger partial charge in [0.15, 0.2) is 11.0 Å². The molecule has 1 N–H and O–H groups in total. The van der Waals surface area contributed by atoms with Gasteiger partial charge < -0.3 is 9.73 Å². The van der Waals surface area contributed by atoms with E-state index in [2.05, 4.69) is 10.4 Å². The van der Waals surface area contributed by atoms with Gasteiger partial charge in [0.25, 0.3) is 5.91 Å². The number of fused-ring (bicyclic) bond motifs is 1. The maximum atomic E-state index is 12.6. The number of amides is 1. The SMILES string of the molecule is Cn1nccc1C(=O)Nc1cccc2c(=O)cc(-c3ccccc3Cl)oc12. The van der Waals surface area contributed by atoms with Crippen LogP contribution in [-0.2, 0) is 7.05 Å². The van der Waals surface area contributed by atoms with Gasteiger partial charge in [-0.05, 0) is 30.3 Å². The Morgan fingerprint density at radius 3 is 2.70 bits per heavy atom. The number of anilines is 1. The van der Waals surface area contributed by atoms with Gasteiger partial charge in [-0.3, -0.25) is 14.3 Å². The van der Waals surface area contributed by atoms with Crippen molar-refractivity contribution in [1.82, 2.24) is 9.78 Å². The van der Waals surface area contributed by atoms with Crippen LogP contribution in [0.4, 0.5) is 5.69 Å². The third kappa shape index (κ3) is 3.11. The van der Waals surface area contributed by atoms with Gasteiger partial charge in [-0.15, -0.1) is 0 Å². The molecule has 0 aliphatic carbocycles. The van der Waals surface area contributed by atoms with Crippen LogP contribution in [0, 0.1) is 0 Å². The Bertz CT molecular complexity index is 1230. The number of carbonyl (C=O) groups is 1. The van der Waals surface area contributed by atoms with Crippen molar-refractivity contribution in [1.29, 1.82) is 0 Å². The van der Waals surface area contributed by atoms with Crippen molar-refractivity contribution in [2.75, 3.05) is 5.32 Å². The van der Waals surface area contributed by atoms with E-state index in [1.807, 2.05) is 6.07 Å². The standard InChI is InChI=1S/C20H14ClN3O3/c1-24-16(9-10-22-24)20(26)23-15-8-4-6-13-17(25)11-18(27-19(13)15)12-5-2-3-7-14(12)21/h2-11H,1H3,(H,23,26). The van der Waals surface area contributed by atoms with Gasteiger partial charge in [-0.1, -0.05) is 29.8 Å². The molecule has 0 saturated carbocycles. The van der Waals surface area contributed by atoms with Gasteiger partial charge in [-0.25, -0.2) is 0 Å². The average molecular weight is 380 g/mol. The van der Waals surface area contributed by atoms with Crippen LogP contribution < -0.4 is 10.7 Å². The van der Waals surface area contributed by atoms with Crippen molar-refractivity contribution < 1.29 is 9.21 Å². The molecule has 0 saturated heterocycles. The van der Waals surface area contributed by atoms with Crippen LogP contribution in [0.3, 0.4) is 0 Å². The minimum atomic E-state index is -0.353. The van der Waals surface area contributed by atoms with Crippen LogP contribution in [0.5, 0.6) is 0 Å². The zero-order valence-electron chi connectivity index (χ0n) is 14.3. The Balaban J connectivity index is 1.85. The lowest BCUT2D eigenvalue weighted by Crippen LogP contribution is -2.16. The molecule has 0 aliphatic heterocycles. The number of hydrogen-bond acceptors (Lipinski definition) is 4. The van der Waals surface area contributed by atoms with Crippen LogP contribution in [0.15, 0.2) is 70.0 Å². The number of aryl methyl sites for hydroxylation is 1. The molecule has 2 heterocycles. The molecule has 2 aromatic carbocycles. The number of halogens is 1. The molecular formula is C20H14ClN3O3. The lowest BCUT2D eigenvalue weighted by atomic mass is 10.1. The normalized spacial score (nSPS) is 10.9. The van der Waals surface area contributed by atoms with E-state index >= 15 is 0 Å². The van der Waals surface area contributed by atoms with Gasteiger partial charge in [0, 0.05) is 24.9 Å². The fourth-order valence-corrected chi connectivity index (χ4v) is 3.08. The Morgan fingerprint density at radius 1 is 1.15 bits per heavy atom. The topological polar surface area (TPSA) is 77.1 Å². The molecule has 0 unspecified atom stereocenters. The second-order valence-electron chi connectivity index (χ2n) is 5.93. The molecule has 0 atom stereocenters. The summed E-state index contributed by atoms with van der Waals surface area (Å²) < 4.78 is 7.43. The summed E-state index contributed by atoms with van der Waals surface area (Å²) >= 11 is 6.23. The molecule has 4 aromatic rings. The van der Waals surface area contributed by atoms with E-state index in [-0.39, 0.29) is 16.9 Å². The molecule has 0 aliphatic rings. The van der Waals surface area contributed by atoms with Crippen LogP contribution in [-0.4, -0.2) is 15.7 Å². The number of rotatable bonds is 3. The number of aromatic nitrogens is 2. The van der Waals surface area contributed by atoms with Gasteiger partial charge >= 0.3 is 0 Å². The number of benzene rings is 2. The number of nitrogens with one attached hydrogen (secondary N) is 1. The first-order valence-corrected chi connectivity index (χ1v) is 8.53. The Morgan fingerprint density at radius 2 is 1.96 bits per heavy atom. The molecule has 0 spiro atoms. The predicted octanol–water partition coefficient (Wildman–Crippen LogP) is 4.10. The monoisotopic (exact) mass is 379 g/mol. The molecule has 27 heavy (non-hydrogen) atoms. The molecule has 6 nitrogen and oxygen atoms in total. The molecule has 7 heteroatoms. The van der Waals surface area contributed by atoms with Crippen molar-refractivity contribution >= 4 is 34.2 Å². The van der Waals surface area contributed by atoms with E-state index in [0.29, 0.717) is 33.1 Å². The van der Waals surface area contributed by atoms with Gasteiger partial charge in [-0.2, -0.15) is 5.10 Å². The average Bonchev–Trinajstić information content (AvgIpc) is 3.09. The Kier molecular flexibility index (Phi) is 4.25. The Hall–Kier alpha value is -3.38. The first kappa shape index (κ1) is 17.1. The smallest absolute Gasteiger partial charge is 0.274 e. The van der Waals surface area contributed by atoms with Gasteiger partial charge in [0.05, 0.1) is 16.1 Å². The van der Waals surface area contributed by atoms with E-state index in [4.69, 9.17) is 16.0 Å². The lowest BCUT2D eigenvalue weighted by molar-refractivity contribution is 0.101. The summed E-state index contributed by atoms with van der Waals surface area (Å²) in [7, 11) is 1.67. The lowest BCUT2D eigenvalue weighted by Gasteiger charge is -2.10. The second-order valence-corrected chi connectivity index (χ2v) is 6.34. The summed E-state index contributed by atoms with van der Waals surface area (Å²) in [4.78, 5) is 25.1. The van der Waals surface area contributed by atoms with E-state index in [9.17, 15) is 9.59 Å². The molecular weight excluding hydrogens is 366 g/mol. The van der Waals surface area contributed by atoms with Crippen molar-refractivity contribution in [2.24, 2.45) is 7.05 Å². The highest BCUT2D eigenvalue weighted by atomic mass is 35.5. The number of nitrogens with zero attached hydrogens (tertiary/aromatic N) is 2. The largest absolute Gasteiger partial charge is 0.454 e. The quantitative estimate of drug-likeness (QED) is 0.581. The third-order valence-corrected chi connectivity index (χ3v) is 4.53. The Labute approximate surface area is 159 Å². The molecule has 0 fully saturated rings. The van der Waals surface area contributed by atoms with Crippen LogP contribution in [0.25, 0.3) is 22.3 Å². The molecule has 4 rings (SSSR count). The van der Waals surface area contributed by atoms with Crippen molar-refractivity contribution in [3.63, 3.8) is 0 Å². The van der Waals surface area contributed by atoms with Crippen molar-refractivity contribution in [2.45, 2.75) is 0 Å². The highest BCUT2D eigenvalue weighted by Gasteiger charge is 2.16. The highest BCUT2D eigenvalue weighted by molar-refractivity contribution is 6.33. The van der Waals surface area contributed by atoms with Crippen LogP contribution in [0.2, 0.25) is 5.02 Å². The first-order valence-electron chi connectivity index (χ1n) is 8.16. The molecule has 1 amide bonds. The first-order chi connectivity index (χ1) is 13.0. The minimum absolute atomic E-state index is 0.220.